The second kappa shape index (κ2) is 6.74. The van der Waals surface area contributed by atoms with Crippen LogP contribution in [0.1, 0.15) is 32.8 Å². The molecule has 0 amide bonds. The zero-order valence-electron chi connectivity index (χ0n) is 12.6. The highest BCUT2D eigenvalue weighted by molar-refractivity contribution is 6.31. The number of hydrogen-bond acceptors (Lipinski definition) is 4. The van der Waals surface area contributed by atoms with Crippen molar-refractivity contribution in [2.24, 2.45) is 0 Å². The van der Waals surface area contributed by atoms with E-state index in [4.69, 9.17) is 16.3 Å². The van der Waals surface area contributed by atoms with Crippen LogP contribution in [0.2, 0.25) is 5.02 Å². The van der Waals surface area contributed by atoms with E-state index in [1.807, 2.05) is 0 Å². The second-order valence-electron chi connectivity index (χ2n) is 6.19. The van der Waals surface area contributed by atoms with Gasteiger partial charge >= 0.3 is 0 Å². The molecule has 4 nitrogen and oxygen atoms in total. The molecule has 1 N–H and O–H groups in total. The van der Waals surface area contributed by atoms with Gasteiger partial charge in [-0.15, -0.1) is 0 Å². The van der Waals surface area contributed by atoms with Crippen LogP contribution in [-0.4, -0.2) is 36.8 Å². The fraction of sp³-hybridized carbons (Fsp3) is 0.667. The second-order valence-corrected chi connectivity index (χ2v) is 6.60. The molecule has 0 bridgehead atoms. The van der Waals surface area contributed by atoms with Gasteiger partial charge in [-0.05, 0) is 38.8 Å². The molecule has 0 atom stereocenters. The van der Waals surface area contributed by atoms with Crippen LogP contribution in [0.4, 0.5) is 5.82 Å². The van der Waals surface area contributed by atoms with Crippen molar-refractivity contribution in [3.05, 3.63) is 22.8 Å². The number of aromatic nitrogens is 1. The first kappa shape index (κ1) is 15.5. The maximum atomic E-state index is 6.25. The number of rotatable bonds is 3. The summed E-state index contributed by atoms with van der Waals surface area (Å²) in [5.41, 5.74) is 1.17. The number of nitrogens with one attached hydrogen (secondary N) is 1. The van der Waals surface area contributed by atoms with Crippen LogP contribution in [-0.2, 0) is 11.3 Å². The van der Waals surface area contributed by atoms with Gasteiger partial charge in [0.25, 0.3) is 0 Å². The Kier molecular flexibility index (Phi) is 5.24. The van der Waals surface area contributed by atoms with E-state index in [0.717, 1.165) is 55.7 Å². The maximum absolute atomic E-state index is 6.25. The molecular formula is C15H24ClN3O. The minimum absolute atomic E-state index is 0.0726. The van der Waals surface area contributed by atoms with Crippen molar-refractivity contribution < 1.29 is 4.74 Å². The molecule has 2 rings (SSSR count). The number of nitrogens with zero attached hydrogens (tertiary/aromatic N) is 2. The largest absolute Gasteiger partial charge is 0.380 e. The van der Waals surface area contributed by atoms with Gasteiger partial charge in [-0.1, -0.05) is 11.6 Å². The number of pyridine rings is 1. The van der Waals surface area contributed by atoms with Gasteiger partial charge in [-0.25, -0.2) is 4.98 Å². The molecule has 1 aliphatic rings. The third kappa shape index (κ3) is 4.62. The van der Waals surface area contributed by atoms with Crippen molar-refractivity contribution >= 4 is 17.4 Å². The van der Waals surface area contributed by atoms with Gasteiger partial charge in [0.05, 0.1) is 11.6 Å². The van der Waals surface area contributed by atoms with Gasteiger partial charge in [-0.3, -0.25) is 0 Å². The molecule has 1 fully saturated rings. The predicted octanol–water partition coefficient (Wildman–Crippen LogP) is 2.85. The lowest BCUT2D eigenvalue weighted by molar-refractivity contribution is 0.152. The van der Waals surface area contributed by atoms with Crippen LogP contribution in [0.3, 0.4) is 0 Å². The van der Waals surface area contributed by atoms with E-state index in [0.29, 0.717) is 0 Å². The molecule has 0 spiro atoms. The van der Waals surface area contributed by atoms with Crippen LogP contribution >= 0.6 is 11.6 Å². The Hall–Kier alpha value is -0.840. The van der Waals surface area contributed by atoms with Crippen molar-refractivity contribution in [1.82, 2.24) is 10.3 Å². The molecule has 1 aliphatic heterocycles. The summed E-state index contributed by atoms with van der Waals surface area (Å²) in [6.07, 6.45) is 2.79. The topological polar surface area (TPSA) is 37.4 Å². The highest BCUT2D eigenvalue weighted by Gasteiger charge is 2.14. The molecule has 20 heavy (non-hydrogen) atoms. The first-order valence-corrected chi connectivity index (χ1v) is 7.56. The SMILES string of the molecule is CC(C)(C)NCc1cc(N2CCCOCC2)ncc1Cl. The molecule has 0 aromatic carbocycles. The lowest BCUT2D eigenvalue weighted by Crippen LogP contribution is -2.35. The lowest BCUT2D eigenvalue weighted by Gasteiger charge is -2.23. The number of anilines is 1. The van der Waals surface area contributed by atoms with Crippen LogP contribution in [0.25, 0.3) is 0 Å². The van der Waals surface area contributed by atoms with Gasteiger partial charge < -0.3 is 15.0 Å². The van der Waals surface area contributed by atoms with E-state index in [1.165, 1.54) is 0 Å². The first-order valence-electron chi connectivity index (χ1n) is 7.18. The Morgan fingerprint density at radius 2 is 2.15 bits per heavy atom. The molecular weight excluding hydrogens is 274 g/mol. The van der Waals surface area contributed by atoms with E-state index < -0.39 is 0 Å². The smallest absolute Gasteiger partial charge is 0.128 e. The van der Waals surface area contributed by atoms with Crippen LogP contribution in [0, 0.1) is 0 Å². The molecule has 2 heterocycles. The van der Waals surface area contributed by atoms with Crippen LogP contribution in [0.15, 0.2) is 12.3 Å². The Bertz CT molecular complexity index is 437. The normalized spacial score (nSPS) is 17.1. The minimum Gasteiger partial charge on any atom is -0.380 e. The summed E-state index contributed by atoms with van der Waals surface area (Å²) in [5, 5.41) is 4.19. The average molecular weight is 298 g/mol. The van der Waals surface area contributed by atoms with E-state index in [-0.39, 0.29) is 5.54 Å². The lowest BCUT2D eigenvalue weighted by atomic mass is 10.1. The molecule has 1 saturated heterocycles. The minimum atomic E-state index is 0.0726. The molecule has 0 saturated carbocycles. The third-order valence-electron chi connectivity index (χ3n) is 3.28. The third-order valence-corrected chi connectivity index (χ3v) is 3.62. The number of halogens is 1. The van der Waals surface area contributed by atoms with Gasteiger partial charge in [0.1, 0.15) is 5.82 Å². The summed E-state index contributed by atoms with van der Waals surface area (Å²) < 4.78 is 5.48. The van der Waals surface area contributed by atoms with Gasteiger partial charge in [0.15, 0.2) is 0 Å². The quantitative estimate of drug-likeness (QED) is 0.931. The number of ether oxygens (including phenoxy) is 1. The summed E-state index contributed by atoms with van der Waals surface area (Å²) in [6, 6.07) is 2.09. The Morgan fingerprint density at radius 1 is 1.35 bits per heavy atom. The molecule has 1 aromatic rings. The summed E-state index contributed by atoms with van der Waals surface area (Å²) >= 11 is 6.25. The Morgan fingerprint density at radius 3 is 2.90 bits per heavy atom. The van der Waals surface area contributed by atoms with Crippen LogP contribution in [0.5, 0.6) is 0 Å². The monoisotopic (exact) mass is 297 g/mol. The molecule has 5 heteroatoms. The van der Waals surface area contributed by atoms with Gasteiger partial charge in [0, 0.05) is 38.0 Å². The summed E-state index contributed by atoms with van der Waals surface area (Å²) in [7, 11) is 0. The highest BCUT2D eigenvalue weighted by Crippen LogP contribution is 2.22. The first-order chi connectivity index (χ1) is 9.46. The Balaban J connectivity index is 2.10. The van der Waals surface area contributed by atoms with Gasteiger partial charge in [-0.2, -0.15) is 0 Å². The van der Waals surface area contributed by atoms with E-state index in [2.05, 4.69) is 42.0 Å². The van der Waals surface area contributed by atoms with E-state index in [1.54, 1.807) is 6.20 Å². The predicted molar refractivity (Wildman–Crippen MR) is 83.5 cm³/mol. The van der Waals surface area contributed by atoms with Crippen molar-refractivity contribution in [2.75, 3.05) is 31.2 Å². The zero-order valence-corrected chi connectivity index (χ0v) is 13.3. The van der Waals surface area contributed by atoms with Crippen molar-refractivity contribution in [3.63, 3.8) is 0 Å². The Labute approximate surface area is 126 Å². The van der Waals surface area contributed by atoms with Gasteiger partial charge in [0.2, 0.25) is 0 Å². The zero-order chi connectivity index (χ0) is 14.6. The van der Waals surface area contributed by atoms with E-state index in [9.17, 15) is 0 Å². The maximum Gasteiger partial charge on any atom is 0.128 e. The van der Waals surface area contributed by atoms with Crippen molar-refractivity contribution in [1.29, 1.82) is 0 Å². The van der Waals surface area contributed by atoms with Crippen molar-refractivity contribution in [2.45, 2.75) is 39.3 Å². The molecule has 1 aromatic heterocycles. The molecule has 112 valence electrons. The molecule has 0 radical (unpaired) electrons. The molecule has 0 aliphatic carbocycles. The van der Waals surface area contributed by atoms with Crippen LogP contribution < -0.4 is 10.2 Å². The fourth-order valence-electron chi connectivity index (χ4n) is 2.11. The summed E-state index contributed by atoms with van der Waals surface area (Å²) in [5.74, 6) is 0.991. The average Bonchev–Trinajstić information content (AvgIpc) is 2.66. The van der Waals surface area contributed by atoms with E-state index >= 15 is 0 Å². The molecule has 0 unspecified atom stereocenters. The standard InChI is InChI=1S/C15H24ClN3O/c1-15(2,3)18-10-12-9-14(17-11-13(12)16)19-5-4-7-20-8-6-19/h9,11,18H,4-8,10H2,1-3H3. The summed E-state index contributed by atoms with van der Waals surface area (Å²) in [4.78, 5) is 6.73. The fourth-order valence-corrected chi connectivity index (χ4v) is 2.28. The highest BCUT2D eigenvalue weighted by atomic mass is 35.5. The van der Waals surface area contributed by atoms with Crippen molar-refractivity contribution in [3.8, 4) is 0 Å². The number of hydrogen-bond donors (Lipinski definition) is 1. The summed E-state index contributed by atoms with van der Waals surface area (Å²) in [6.45, 7) is 10.7.